The topological polar surface area (TPSA) is 34.1 Å². The summed E-state index contributed by atoms with van der Waals surface area (Å²) in [6, 6.07) is 16.0. The summed E-state index contributed by atoms with van der Waals surface area (Å²) in [7, 11) is -0.992. The van der Waals surface area contributed by atoms with Crippen molar-refractivity contribution in [3.05, 3.63) is 59.7 Å². The highest BCUT2D eigenvalue weighted by Gasteiger charge is 2.35. The molecule has 0 saturated carbocycles. The molecular weight excluding hydrogens is 499 g/mol. The summed E-state index contributed by atoms with van der Waals surface area (Å²) in [6.45, 7) is 8.48. The van der Waals surface area contributed by atoms with E-state index >= 15 is 0 Å². The molecule has 0 saturated heterocycles. The van der Waals surface area contributed by atoms with Crippen molar-refractivity contribution in [3.63, 3.8) is 0 Å². The fraction of sp³-hybridized carbons (Fsp3) is 0.500. The van der Waals surface area contributed by atoms with Gasteiger partial charge in [-0.3, -0.25) is 9.59 Å². The van der Waals surface area contributed by atoms with Crippen LogP contribution in [0, 0.1) is 0 Å². The lowest BCUT2D eigenvalue weighted by atomic mass is 10.2. The van der Waals surface area contributed by atoms with Crippen LogP contribution < -0.4 is 12.4 Å². The van der Waals surface area contributed by atoms with Crippen LogP contribution in [0.4, 0.5) is 0 Å². The third-order valence-corrected chi connectivity index (χ3v) is 12.5. The first-order chi connectivity index (χ1) is 15.9. The highest BCUT2D eigenvalue weighted by molar-refractivity contribution is 8.14. The zero-order valence-corrected chi connectivity index (χ0v) is 24.4. The molecule has 0 aliphatic heterocycles. The van der Waals surface area contributed by atoms with Gasteiger partial charge in [-0.1, -0.05) is 76.1 Å². The first kappa shape index (κ1) is 31.2. The van der Waals surface area contributed by atoms with Gasteiger partial charge in [0.2, 0.25) is 5.12 Å². The molecule has 2 aromatic carbocycles. The number of carbonyl (C=O) groups is 2. The molecule has 188 valence electrons. The molecule has 0 spiro atoms. The number of unbranched alkanes of at least 4 members (excludes halogenated alkanes) is 3. The molecule has 34 heavy (non-hydrogen) atoms. The van der Waals surface area contributed by atoms with Crippen LogP contribution in [0.15, 0.2) is 58.3 Å². The molecule has 0 aromatic heterocycles. The molecule has 0 heterocycles. The number of benzene rings is 2. The second-order valence-electron chi connectivity index (χ2n) is 8.88. The Morgan fingerprint density at radius 1 is 0.706 bits per heavy atom. The van der Waals surface area contributed by atoms with Gasteiger partial charge in [0, 0.05) is 29.5 Å². The third kappa shape index (κ3) is 10.9. The maximum absolute atomic E-state index is 12.8. The minimum absolute atomic E-state index is 0. The van der Waals surface area contributed by atoms with Crippen LogP contribution >= 0.6 is 30.8 Å². The monoisotopic (exact) mass is 538 g/mol. The number of rotatable bonds is 14. The summed E-state index contributed by atoms with van der Waals surface area (Å²) in [6.07, 6.45) is 13.3. The van der Waals surface area contributed by atoms with Crippen molar-refractivity contribution in [1.82, 2.24) is 0 Å². The van der Waals surface area contributed by atoms with Crippen LogP contribution in [0.3, 0.4) is 0 Å². The van der Waals surface area contributed by atoms with E-state index in [2.05, 4.69) is 32.9 Å². The Kier molecular flexibility index (Phi) is 15.4. The molecule has 2 aromatic rings. The first-order valence-corrected chi connectivity index (χ1v) is 16.5. The molecule has 0 amide bonds. The highest BCUT2D eigenvalue weighted by Crippen LogP contribution is 2.63. The zero-order chi connectivity index (χ0) is 24.1. The van der Waals surface area contributed by atoms with E-state index in [4.69, 9.17) is 0 Å². The SMILES string of the molecule is CCCC[P+](CCCC)(CCCC)Cc1ccc(C(=O)Sc2ccc(SC(C)=O)cc2)cc1.[Cl-]. The van der Waals surface area contributed by atoms with Crippen molar-refractivity contribution in [2.24, 2.45) is 0 Å². The van der Waals surface area contributed by atoms with E-state index in [1.54, 1.807) is 6.92 Å². The largest absolute Gasteiger partial charge is 1.00 e. The Morgan fingerprint density at radius 3 is 1.56 bits per heavy atom. The summed E-state index contributed by atoms with van der Waals surface area (Å²) in [5.41, 5.74) is 2.16. The van der Waals surface area contributed by atoms with Crippen molar-refractivity contribution < 1.29 is 22.0 Å². The van der Waals surface area contributed by atoms with Crippen LogP contribution in [0.1, 0.15) is 82.1 Å². The predicted molar refractivity (Wildman–Crippen MR) is 150 cm³/mol. The molecule has 0 aliphatic rings. The van der Waals surface area contributed by atoms with E-state index in [0.717, 1.165) is 15.4 Å². The van der Waals surface area contributed by atoms with E-state index in [0.29, 0.717) is 0 Å². The molecule has 0 N–H and O–H groups in total. The quantitative estimate of drug-likeness (QED) is 0.212. The van der Waals surface area contributed by atoms with Gasteiger partial charge in [0.1, 0.15) is 0 Å². The fourth-order valence-corrected chi connectivity index (χ4v) is 10.5. The molecule has 0 bridgehead atoms. The number of hydrogen-bond acceptors (Lipinski definition) is 4. The number of thioether (sulfide) groups is 2. The molecule has 0 radical (unpaired) electrons. The van der Waals surface area contributed by atoms with E-state index in [9.17, 15) is 9.59 Å². The summed E-state index contributed by atoms with van der Waals surface area (Å²) in [5, 5.41) is 0.134. The van der Waals surface area contributed by atoms with Gasteiger partial charge < -0.3 is 12.4 Å². The standard InChI is InChI=1S/C28H40O2PS2.ClH/c1-5-8-19-31(20-9-6-2,21-10-7-3)22-24-11-13-25(14-12-24)28(30)33-27-17-15-26(16-18-27)32-23(4)29;/h11-18H,5-10,19-22H2,1-4H3;1H/q+1;/p-1. The third-order valence-electron chi connectivity index (χ3n) is 5.96. The van der Waals surface area contributed by atoms with Gasteiger partial charge in [0.15, 0.2) is 5.12 Å². The van der Waals surface area contributed by atoms with Gasteiger partial charge in [0.25, 0.3) is 0 Å². The Bertz CT molecular complexity index is 847. The average Bonchev–Trinajstić information content (AvgIpc) is 2.81. The van der Waals surface area contributed by atoms with Gasteiger partial charge in [-0.2, -0.15) is 0 Å². The number of halogens is 1. The minimum atomic E-state index is -0.992. The molecular formula is C28H40ClO2PS2. The molecule has 0 unspecified atom stereocenters. The number of carbonyl (C=O) groups excluding carboxylic acids is 2. The van der Waals surface area contributed by atoms with E-state index in [-0.39, 0.29) is 22.6 Å². The van der Waals surface area contributed by atoms with E-state index in [1.807, 2.05) is 36.4 Å². The van der Waals surface area contributed by atoms with Crippen LogP contribution in [-0.4, -0.2) is 28.7 Å². The first-order valence-electron chi connectivity index (χ1n) is 12.4. The Labute approximate surface area is 222 Å². The second-order valence-corrected chi connectivity index (χ2v) is 15.5. The maximum atomic E-state index is 12.8. The fourth-order valence-electron chi connectivity index (χ4n) is 4.09. The van der Waals surface area contributed by atoms with Gasteiger partial charge >= 0.3 is 0 Å². The average molecular weight is 539 g/mol. The predicted octanol–water partition coefficient (Wildman–Crippen LogP) is 6.18. The number of hydrogen-bond donors (Lipinski definition) is 0. The lowest BCUT2D eigenvalue weighted by Crippen LogP contribution is -3.00. The van der Waals surface area contributed by atoms with E-state index < -0.39 is 7.26 Å². The Morgan fingerprint density at radius 2 is 1.15 bits per heavy atom. The molecule has 0 fully saturated rings. The Hall–Kier alpha value is -0.800. The summed E-state index contributed by atoms with van der Waals surface area (Å²) < 4.78 is 0. The summed E-state index contributed by atoms with van der Waals surface area (Å²) in [5.74, 6) is 0. The Balaban J connectivity index is 0.00000578. The van der Waals surface area contributed by atoms with Crippen molar-refractivity contribution >= 4 is 41.0 Å². The van der Waals surface area contributed by atoms with E-state index in [1.165, 1.54) is 92.3 Å². The van der Waals surface area contributed by atoms with Crippen molar-refractivity contribution in [1.29, 1.82) is 0 Å². The van der Waals surface area contributed by atoms with Crippen LogP contribution in [0.5, 0.6) is 0 Å². The van der Waals surface area contributed by atoms with Gasteiger partial charge in [-0.25, -0.2) is 0 Å². The van der Waals surface area contributed by atoms with Crippen LogP contribution in [-0.2, 0) is 11.0 Å². The maximum Gasteiger partial charge on any atom is 0.224 e. The molecule has 2 rings (SSSR count). The molecule has 0 aliphatic carbocycles. The van der Waals surface area contributed by atoms with Crippen molar-refractivity contribution in [3.8, 4) is 0 Å². The van der Waals surface area contributed by atoms with Gasteiger partial charge in [-0.05, 0) is 60.9 Å². The lowest BCUT2D eigenvalue weighted by Gasteiger charge is -2.28. The van der Waals surface area contributed by atoms with Crippen LogP contribution in [0.2, 0.25) is 0 Å². The zero-order valence-electron chi connectivity index (χ0n) is 21.1. The van der Waals surface area contributed by atoms with Crippen molar-refractivity contribution in [2.75, 3.05) is 18.5 Å². The molecule has 0 atom stereocenters. The van der Waals surface area contributed by atoms with Crippen LogP contribution in [0.25, 0.3) is 0 Å². The summed E-state index contributed by atoms with van der Waals surface area (Å²) in [4.78, 5) is 25.9. The second kappa shape index (κ2) is 16.8. The van der Waals surface area contributed by atoms with Gasteiger partial charge in [-0.15, -0.1) is 0 Å². The highest BCUT2D eigenvalue weighted by atomic mass is 35.5. The summed E-state index contributed by atoms with van der Waals surface area (Å²) >= 11 is 2.46. The molecule has 2 nitrogen and oxygen atoms in total. The molecule has 6 heteroatoms. The lowest BCUT2D eigenvalue weighted by molar-refractivity contribution is -0.109. The van der Waals surface area contributed by atoms with Gasteiger partial charge in [0.05, 0.1) is 24.6 Å². The normalized spacial score (nSPS) is 11.2. The van der Waals surface area contributed by atoms with Crippen molar-refractivity contribution in [2.45, 2.75) is 82.2 Å². The smallest absolute Gasteiger partial charge is 0.224 e. The minimum Gasteiger partial charge on any atom is -1.00 e.